The fourth-order valence-corrected chi connectivity index (χ4v) is 3.60. The lowest BCUT2D eigenvalue weighted by molar-refractivity contribution is 0.228. The molecule has 3 atom stereocenters. The maximum Gasteiger partial charge on any atom is 0.0296 e. The van der Waals surface area contributed by atoms with E-state index in [4.69, 9.17) is 0 Å². The summed E-state index contributed by atoms with van der Waals surface area (Å²) in [6, 6.07) is 9.89. The zero-order valence-corrected chi connectivity index (χ0v) is 12.2. The van der Waals surface area contributed by atoms with E-state index in [1.165, 1.54) is 30.4 Å². The molecule has 1 heteroatoms. The normalized spacial score (nSPS) is 30.1. The van der Waals surface area contributed by atoms with Crippen LogP contribution in [-0.2, 0) is 0 Å². The predicted molar refractivity (Wildman–Crippen MR) is 78.7 cm³/mol. The van der Waals surface area contributed by atoms with Gasteiger partial charge in [0.05, 0.1) is 0 Å². The summed E-state index contributed by atoms with van der Waals surface area (Å²) >= 11 is 0. The Balaban J connectivity index is 1.99. The van der Waals surface area contributed by atoms with Crippen molar-refractivity contribution >= 4 is 0 Å². The van der Waals surface area contributed by atoms with Gasteiger partial charge < -0.3 is 5.32 Å². The molecule has 0 amide bonds. The van der Waals surface area contributed by atoms with E-state index in [-0.39, 0.29) is 0 Å². The molecule has 0 saturated heterocycles. The fourth-order valence-electron chi connectivity index (χ4n) is 3.60. The summed E-state index contributed by atoms with van der Waals surface area (Å²) in [4.78, 5) is 0. The van der Waals surface area contributed by atoms with Gasteiger partial charge in [0.25, 0.3) is 0 Å². The van der Waals surface area contributed by atoms with Crippen molar-refractivity contribution in [3.8, 4) is 0 Å². The Bertz CT molecular complexity index is 375. The predicted octanol–water partition coefficient (Wildman–Crippen LogP) is 4.47. The Morgan fingerprint density at radius 1 is 1.06 bits per heavy atom. The molecular weight excluding hydrogens is 218 g/mol. The Morgan fingerprint density at radius 3 is 2.28 bits per heavy atom. The molecule has 0 aromatic heterocycles. The SMILES string of the molecule is Cc1ccccc1C(C)NC1CC(C)CC(C)C1. The molecule has 1 nitrogen and oxygen atoms in total. The Kier molecular flexibility index (Phi) is 4.45. The third-order valence-corrected chi connectivity index (χ3v) is 4.32. The van der Waals surface area contributed by atoms with E-state index in [0.29, 0.717) is 12.1 Å². The van der Waals surface area contributed by atoms with E-state index in [9.17, 15) is 0 Å². The molecule has 0 heterocycles. The number of benzene rings is 1. The van der Waals surface area contributed by atoms with Gasteiger partial charge in [-0.05, 0) is 56.1 Å². The van der Waals surface area contributed by atoms with Crippen LogP contribution in [0.5, 0.6) is 0 Å². The standard InChI is InChI=1S/C17H27N/c1-12-9-13(2)11-16(10-12)18-15(4)17-8-6-5-7-14(17)3/h5-8,12-13,15-16,18H,9-11H2,1-4H3. The number of nitrogens with one attached hydrogen (secondary N) is 1. The van der Waals surface area contributed by atoms with Gasteiger partial charge in [-0.1, -0.05) is 38.1 Å². The van der Waals surface area contributed by atoms with E-state index in [0.717, 1.165) is 11.8 Å². The molecule has 0 spiro atoms. The second-order valence-corrected chi connectivity index (χ2v) is 6.36. The van der Waals surface area contributed by atoms with Crippen LogP contribution in [0.3, 0.4) is 0 Å². The molecule has 0 aliphatic heterocycles. The minimum Gasteiger partial charge on any atom is -0.307 e. The molecule has 2 rings (SSSR count). The quantitative estimate of drug-likeness (QED) is 0.828. The summed E-state index contributed by atoms with van der Waals surface area (Å²) in [5.41, 5.74) is 2.85. The molecule has 1 N–H and O–H groups in total. The first-order valence-corrected chi connectivity index (χ1v) is 7.37. The third kappa shape index (κ3) is 3.35. The van der Waals surface area contributed by atoms with E-state index < -0.39 is 0 Å². The van der Waals surface area contributed by atoms with Crippen LogP contribution in [0, 0.1) is 18.8 Å². The highest BCUT2D eigenvalue weighted by Crippen LogP contribution is 2.30. The van der Waals surface area contributed by atoms with Gasteiger partial charge >= 0.3 is 0 Å². The molecule has 100 valence electrons. The second-order valence-electron chi connectivity index (χ2n) is 6.36. The van der Waals surface area contributed by atoms with Gasteiger partial charge in [0.1, 0.15) is 0 Å². The van der Waals surface area contributed by atoms with Gasteiger partial charge in [-0.25, -0.2) is 0 Å². The number of hydrogen-bond donors (Lipinski definition) is 1. The molecule has 1 aromatic rings. The van der Waals surface area contributed by atoms with Crippen LogP contribution < -0.4 is 5.32 Å². The molecule has 18 heavy (non-hydrogen) atoms. The maximum absolute atomic E-state index is 3.84. The minimum atomic E-state index is 0.466. The summed E-state index contributed by atoms with van der Waals surface area (Å²) < 4.78 is 0. The monoisotopic (exact) mass is 245 g/mol. The first kappa shape index (κ1) is 13.6. The topological polar surface area (TPSA) is 12.0 Å². The summed E-state index contributed by atoms with van der Waals surface area (Å²) in [5, 5.41) is 3.84. The van der Waals surface area contributed by atoms with Crippen molar-refractivity contribution in [2.75, 3.05) is 0 Å². The highest BCUT2D eigenvalue weighted by molar-refractivity contribution is 5.28. The summed E-state index contributed by atoms with van der Waals surface area (Å²) in [7, 11) is 0. The summed E-state index contributed by atoms with van der Waals surface area (Å²) in [6.45, 7) is 9.29. The van der Waals surface area contributed by atoms with Gasteiger partial charge in [-0.3, -0.25) is 0 Å². The molecule has 0 bridgehead atoms. The van der Waals surface area contributed by atoms with Crippen LogP contribution in [-0.4, -0.2) is 6.04 Å². The van der Waals surface area contributed by atoms with Crippen molar-refractivity contribution in [3.63, 3.8) is 0 Å². The Morgan fingerprint density at radius 2 is 1.67 bits per heavy atom. The zero-order valence-electron chi connectivity index (χ0n) is 12.2. The van der Waals surface area contributed by atoms with E-state index >= 15 is 0 Å². The van der Waals surface area contributed by atoms with Crippen molar-refractivity contribution in [2.24, 2.45) is 11.8 Å². The summed E-state index contributed by atoms with van der Waals surface area (Å²) in [6.07, 6.45) is 4.07. The molecule has 1 fully saturated rings. The van der Waals surface area contributed by atoms with E-state index in [2.05, 4.69) is 57.3 Å². The van der Waals surface area contributed by atoms with Crippen molar-refractivity contribution in [2.45, 2.75) is 59.0 Å². The van der Waals surface area contributed by atoms with Crippen LogP contribution in [0.4, 0.5) is 0 Å². The molecule has 1 aromatic carbocycles. The highest BCUT2D eigenvalue weighted by Gasteiger charge is 2.25. The smallest absolute Gasteiger partial charge is 0.0296 e. The fraction of sp³-hybridized carbons (Fsp3) is 0.647. The lowest BCUT2D eigenvalue weighted by atomic mass is 9.80. The second kappa shape index (κ2) is 5.88. The van der Waals surface area contributed by atoms with E-state index in [1.54, 1.807) is 0 Å². The first-order chi connectivity index (χ1) is 8.56. The summed E-state index contributed by atoms with van der Waals surface area (Å²) in [5.74, 6) is 1.74. The Hall–Kier alpha value is -0.820. The van der Waals surface area contributed by atoms with Crippen LogP contribution in [0.15, 0.2) is 24.3 Å². The highest BCUT2D eigenvalue weighted by atomic mass is 14.9. The third-order valence-electron chi connectivity index (χ3n) is 4.32. The van der Waals surface area contributed by atoms with Gasteiger partial charge in [-0.2, -0.15) is 0 Å². The molecule has 0 radical (unpaired) electrons. The van der Waals surface area contributed by atoms with Crippen molar-refractivity contribution in [3.05, 3.63) is 35.4 Å². The number of aryl methyl sites for hydroxylation is 1. The van der Waals surface area contributed by atoms with Crippen LogP contribution >= 0.6 is 0 Å². The zero-order chi connectivity index (χ0) is 13.1. The average Bonchev–Trinajstić information content (AvgIpc) is 2.27. The van der Waals surface area contributed by atoms with Crippen molar-refractivity contribution < 1.29 is 0 Å². The molecule has 3 unspecified atom stereocenters. The molecule has 1 aliphatic rings. The molecule has 1 saturated carbocycles. The van der Waals surface area contributed by atoms with Crippen molar-refractivity contribution in [1.82, 2.24) is 5.32 Å². The first-order valence-electron chi connectivity index (χ1n) is 7.37. The van der Waals surface area contributed by atoms with Crippen LogP contribution in [0.2, 0.25) is 0 Å². The average molecular weight is 245 g/mol. The number of hydrogen-bond acceptors (Lipinski definition) is 1. The van der Waals surface area contributed by atoms with Gasteiger partial charge in [0.15, 0.2) is 0 Å². The molecular formula is C17H27N. The van der Waals surface area contributed by atoms with Gasteiger partial charge in [-0.15, -0.1) is 0 Å². The van der Waals surface area contributed by atoms with Gasteiger partial charge in [0.2, 0.25) is 0 Å². The largest absolute Gasteiger partial charge is 0.307 e. The Labute approximate surface area is 112 Å². The van der Waals surface area contributed by atoms with Crippen molar-refractivity contribution in [1.29, 1.82) is 0 Å². The lowest BCUT2D eigenvalue weighted by Crippen LogP contribution is -2.37. The van der Waals surface area contributed by atoms with Gasteiger partial charge in [0, 0.05) is 12.1 Å². The van der Waals surface area contributed by atoms with E-state index in [1.807, 2.05) is 0 Å². The van der Waals surface area contributed by atoms with Crippen LogP contribution in [0.1, 0.15) is 57.2 Å². The maximum atomic E-state index is 3.84. The lowest BCUT2D eigenvalue weighted by Gasteiger charge is -2.34. The molecule has 1 aliphatic carbocycles. The minimum absolute atomic E-state index is 0.466. The van der Waals surface area contributed by atoms with Crippen LogP contribution in [0.25, 0.3) is 0 Å². The number of rotatable bonds is 3.